The molecule has 0 unspecified atom stereocenters. The Morgan fingerprint density at radius 2 is 1.67 bits per heavy atom. The van der Waals surface area contributed by atoms with Gasteiger partial charge < -0.3 is 0 Å². The maximum absolute atomic E-state index is 12.6. The molecule has 0 saturated heterocycles. The van der Waals surface area contributed by atoms with Crippen LogP contribution in [0, 0.1) is 6.92 Å². The third-order valence-corrected chi connectivity index (χ3v) is 7.12. The summed E-state index contributed by atoms with van der Waals surface area (Å²) in [6, 6.07) is 24.3. The van der Waals surface area contributed by atoms with Gasteiger partial charge >= 0.3 is 0 Å². The average molecular weight is 496 g/mol. The molecule has 0 radical (unpaired) electrons. The van der Waals surface area contributed by atoms with Gasteiger partial charge in [0, 0.05) is 23.6 Å². The van der Waals surface area contributed by atoms with Crippen LogP contribution in [0.1, 0.15) is 43.2 Å². The first kappa shape index (κ1) is 24.0. The van der Waals surface area contributed by atoms with Gasteiger partial charge in [0.2, 0.25) is 0 Å². The molecule has 0 aliphatic heterocycles. The van der Waals surface area contributed by atoms with E-state index in [-0.39, 0.29) is 11.0 Å². The molecule has 0 N–H and O–H groups in total. The molecule has 5 aromatic rings. The highest BCUT2D eigenvalue weighted by Crippen LogP contribution is 2.29. The van der Waals surface area contributed by atoms with Crippen LogP contribution < -0.4 is 5.56 Å². The highest BCUT2D eigenvalue weighted by Gasteiger charge is 2.18. The van der Waals surface area contributed by atoms with Crippen LogP contribution in [0.15, 0.2) is 88.9 Å². The van der Waals surface area contributed by atoms with Gasteiger partial charge in [-0.2, -0.15) is 0 Å². The highest BCUT2D eigenvalue weighted by molar-refractivity contribution is 7.98. The Hall–Kier alpha value is -3.71. The summed E-state index contributed by atoms with van der Waals surface area (Å²) < 4.78 is 3.73. The van der Waals surface area contributed by atoms with Crippen LogP contribution in [-0.2, 0) is 17.7 Å². The van der Waals surface area contributed by atoms with Crippen LogP contribution in [0.3, 0.4) is 0 Å². The summed E-state index contributed by atoms with van der Waals surface area (Å²) in [5, 5.41) is 9.90. The van der Waals surface area contributed by atoms with E-state index in [1.807, 2.05) is 43.5 Å². The summed E-state index contributed by atoms with van der Waals surface area (Å²) in [4.78, 5) is 17.3. The van der Waals surface area contributed by atoms with Crippen LogP contribution in [0.5, 0.6) is 0 Å². The number of fused-ring (bicyclic) bond motifs is 1. The molecule has 0 fully saturated rings. The van der Waals surface area contributed by atoms with Crippen molar-refractivity contribution in [2.75, 3.05) is 0 Å². The van der Waals surface area contributed by atoms with Crippen molar-refractivity contribution in [3.63, 3.8) is 0 Å². The van der Waals surface area contributed by atoms with Crippen molar-refractivity contribution in [2.45, 2.75) is 50.6 Å². The van der Waals surface area contributed by atoms with E-state index in [1.54, 1.807) is 22.2 Å². The first-order chi connectivity index (χ1) is 17.3. The zero-order chi connectivity index (χ0) is 25.3. The number of hydrogen-bond donors (Lipinski definition) is 0. The third-order valence-electron chi connectivity index (χ3n) is 6.12. The molecule has 6 nitrogen and oxygen atoms in total. The largest absolute Gasteiger partial charge is 0.298 e. The first-order valence-corrected chi connectivity index (χ1v) is 13.0. The summed E-state index contributed by atoms with van der Waals surface area (Å²) in [5.74, 6) is 1.35. The average Bonchev–Trinajstić information content (AvgIpc) is 3.25. The number of benzene rings is 2. The molecule has 0 saturated carbocycles. The van der Waals surface area contributed by atoms with Crippen molar-refractivity contribution < 1.29 is 0 Å². The maximum atomic E-state index is 12.6. The minimum Gasteiger partial charge on any atom is -0.298 e. The first-order valence-electron chi connectivity index (χ1n) is 12.0. The fraction of sp³-hybridized carbons (Fsp3) is 0.241. The van der Waals surface area contributed by atoms with E-state index in [2.05, 4.69) is 76.9 Å². The van der Waals surface area contributed by atoms with E-state index in [0.717, 1.165) is 27.8 Å². The molecule has 3 heterocycles. The number of pyridine rings is 1. The van der Waals surface area contributed by atoms with Crippen molar-refractivity contribution >= 4 is 17.4 Å². The zero-order valence-electron chi connectivity index (χ0n) is 21.0. The van der Waals surface area contributed by atoms with Gasteiger partial charge in [-0.25, -0.2) is 4.98 Å². The number of aromatic nitrogens is 5. The van der Waals surface area contributed by atoms with E-state index >= 15 is 0 Å². The van der Waals surface area contributed by atoms with Crippen LogP contribution >= 0.6 is 11.8 Å². The van der Waals surface area contributed by atoms with Crippen molar-refractivity contribution in [1.82, 2.24) is 24.1 Å². The fourth-order valence-electron chi connectivity index (χ4n) is 4.11. The predicted molar refractivity (Wildman–Crippen MR) is 145 cm³/mol. The maximum Gasteiger partial charge on any atom is 0.258 e. The number of nitrogens with zero attached hydrogens (tertiary/aromatic N) is 5. The molecule has 0 bridgehead atoms. The Morgan fingerprint density at radius 1 is 0.917 bits per heavy atom. The molecule has 0 amide bonds. The Kier molecular flexibility index (Phi) is 6.49. The molecule has 0 spiro atoms. The van der Waals surface area contributed by atoms with Crippen molar-refractivity contribution in [3.05, 3.63) is 112 Å². The fourth-order valence-corrected chi connectivity index (χ4v) is 4.94. The lowest BCUT2D eigenvalue weighted by molar-refractivity contribution is 0.590. The summed E-state index contributed by atoms with van der Waals surface area (Å²) in [6.07, 6.45) is 1.81. The summed E-state index contributed by atoms with van der Waals surface area (Å²) >= 11 is 1.54. The van der Waals surface area contributed by atoms with Gasteiger partial charge in [-0.1, -0.05) is 93.2 Å². The summed E-state index contributed by atoms with van der Waals surface area (Å²) in [5.41, 5.74) is 5.86. The van der Waals surface area contributed by atoms with Gasteiger partial charge in [-0.05, 0) is 35.1 Å². The van der Waals surface area contributed by atoms with Crippen molar-refractivity contribution in [2.24, 2.45) is 0 Å². The van der Waals surface area contributed by atoms with E-state index in [4.69, 9.17) is 0 Å². The number of hydrogen-bond acceptors (Lipinski definition) is 5. The summed E-state index contributed by atoms with van der Waals surface area (Å²) in [6.45, 7) is 9.25. The van der Waals surface area contributed by atoms with E-state index < -0.39 is 0 Å². The van der Waals surface area contributed by atoms with E-state index in [0.29, 0.717) is 17.9 Å². The van der Waals surface area contributed by atoms with Gasteiger partial charge in [0.1, 0.15) is 5.65 Å². The van der Waals surface area contributed by atoms with E-state index in [1.165, 1.54) is 11.1 Å². The van der Waals surface area contributed by atoms with Crippen LogP contribution in [0.2, 0.25) is 0 Å². The standard InChI is InChI=1S/C29H29N5OS/c1-20-10-15-25-30-24(16-26(35)33(25)17-20)19-36-28-32-31-27(34(28)18-21-8-6-5-7-9-21)22-11-13-23(14-12-22)29(2,3)4/h5-17H,18-19H2,1-4H3. The second-order valence-corrected chi connectivity index (χ2v) is 11.0. The second kappa shape index (κ2) is 9.74. The molecule has 5 rings (SSSR count). The van der Waals surface area contributed by atoms with Gasteiger partial charge in [0.25, 0.3) is 5.56 Å². The van der Waals surface area contributed by atoms with Crippen molar-refractivity contribution in [3.8, 4) is 11.4 Å². The lowest BCUT2D eigenvalue weighted by Crippen LogP contribution is -2.15. The molecular weight excluding hydrogens is 466 g/mol. The van der Waals surface area contributed by atoms with Crippen LogP contribution in [0.4, 0.5) is 0 Å². The lowest BCUT2D eigenvalue weighted by atomic mass is 9.87. The second-order valence-electron chi connectivity index (χ2n) is 10.0. The SMILES string of the molecule is Cc1ccc2nc(CSc3nnc(-c4ccc(C(C)(C)C)cc4)n3Cc3ccccc3)cc(=O)n2c1. The molecule has 182 valence electrons. The molecule has 7 heteroatoms. The Balaban J connectivity index is 1.47. The van der Waals surface area contributed by atoms with Gasteiger partial charge in [0.05, 0.1) is 12.2 Å². The van der Waals surface area contributed by atoms with Crippen molar-refractivity contribution in [1.29, 1.82) is 0 Å². The smallest absolute Gasteiger partial charge is 0.258 e. The predicted octanol–water partition coefficient (Wildman–Crippen LogP) is 5.90. The molecule has 36 heavy (non-hydrogen) atoms. The number of thioether (sulfide) groups is 1. The third kappa shape index (κ3) is 5.11. The van der Waals surface area contributed by atoms with Gasteiger partial charge in [0.15, 0.2) is 11.0 Å². The molecule has 2 aromatic carbocycles. The van der Waals surface area contributed by atoms with Crippen LogP contribution in [-0.4, -0.2) is 24.1 Å². The topological polar surface area (TPSA) is 65.1 Å². The molecule has 0 aliphatic rings. The molecule has 3 aromatic heterocycles. The zero-order valence-corrected chi connectivity index (χ0v) is 21.8. The minimum absolute atomic E-state index is 0.0790. The lowest BCUT2D eigenvalue weighted by Gasteiger charge is -2.19. The Bertz CT molecular complexity index is 1560. The summed E-state index contributed by atoms with van der Waals surface area (Å²) in [7, 11) is 0. The normalized spacial score (nSPS) is 11.8. The number of aryl methyl sites for hydroxylation is 1. The van der Waals surface area contributed by atoms with Gasteiger partial charge in [-0.15, -0.1) is 10.2 Å². The Labute approximate surface area is 215 Å². The Morgan fingerprint density at radius 3 is 2.39 bits per heavy atom. The molecule has 0 aliphatic carbocycles. The monoisotopic (exact) mass is 495 g/mol. The van der Waals surface area contributed by atoms with E-state index in [9.17, 15) is 4.79 Å². The van der Waals surface area contributed by atoms with Crippen LogP contribution in [0.25, 0.3) is 17.0 Å². The quantitative estimate of drug-likeness (QED) is 0.275. The number of rotatable bonds is 6. The molecule has 0 atom stereocenters. The van der Waals surface area contributed by atoms with Gasteiger partial charge in [-0.3, -0.25) is 13.8 Å². The highest BCUT2D eigenvalue weighted by atomic mass is 32.2. The minimum atomic E-state index is -0.0790. The molecular formula is C29H29N5OS.